The van der Waals surface area contributed by atoms with Gasteiger partial charge in [-0.3, -0.25) is 4.90 Å². The fourth-order valence-electron chi connectivity index (χ4n) is 2.77. The van der Waals surface area contributed by atoms with Gasteiger partial charge in [0, 0.05) is 12.6 Å². The maximum atomic E-state index is 13.5. The van der Waals surface area contributed by atoms with Crippen molar-refractivity contribution < 1.29 is 18.7 Å². The van der Waals surface area contributed by atoms with Gasteiger partial charge >= 0.3 is 6.09 Å². The molecule has 134 valence electrons. The van der Waals surface area contributed by atoms with Crippen LogP contribution in [0.2, 0.25) is 0 Å². The molecule has 0 radical (unpaired) electrons. The number of aryl methyl sites for hydroxylation is 1. The summed E-state index contributed by atoms with van der Waals surface area (Å²) in [5, 5.41) is 0. The van der Waals surface area contributed by atoms with Crippen molar-refractivity contribution in [2.24, 2.45) is 5.73 Å². The minimum Gasteiger partial charge on any atom is -0.444 e. The van der Waals surface area contributed by atoms with Crippen LogP contribution in [0.25, 0.3) is 0 Å². The Morgan fingerprint density at radius 3 is 2.88 bits per heavy atom. The quantitative estimate of drug-likeness (QED) is 0.920. The Kier molecular flexibility index (Phi) is 5.83. The molecule has 5 nitrogen and oxygen atoms in total. The summed E-state index contributed by atoms with van der Waals surface area (Å²) in [5.74, 6) is -0.285. The predicted molar refractivity (Wildman–Crippen MR) is 90.4 cm³/mol. The first-order valence-electron chi connectivity index (χ1n) is 8.25. The van der Waals surface area contributed by atoms with Crippen molar-refractivity contribution in [3.63, 3.8) is 0 Å². The SMILES string of the molecule is Cc1ccc(F)cc1CC(N)C1COCCN1C(=O)OC(C)(C)C. The van der Waals surface area contributed by atoms with Crippen molar-refractivity contribution in [1.82, 2.24) is 4.90 Å². The number of morpholine rings is 1. The summed E-state index contributed by atoms with van der Waals surface area (Å²) >= 11 is 0. The zero-order valence-electron chi connectivity index (χ0n) is 14.8. The fourth-order valence-corrected chi connectivity index (χ4v) is 2.77. The zero-order chi connectivity index (χ0) is 17.9. The molecular weight excluding hydrogens is 311 g/mol. The number of hydrogen-bond acceptors (Lipinski definition) is 4. The maximum Gasteiger partial charge on any atom is 0.410 e. The van der Waals surface area contributed by atoms with Gasteiger partial charge in [0.15, 0.2) is 0 Å². The average Bonchev–Trinajstić information content (AvgIpc) is 2.49. The van der Waals surface area contributed by atoms with Gasteiger partial charge in [0.1, 0.15) is 11.4 Å². The lowest BCUT2D eigenvalue weighted by Gasteiger charge is -2.39. The number of carbonyl (C=O) groups is 1. The summed E-state index contributed by atoms with van der Waals surface area (Å²) in [6.07, 6.45) is 0.0823. The Hall–Kier alpha value is -1.66. The van der Waals surface area contributed by atoms with Gasteiger partial charge in [0.05, 0.1) is 19.3 Å². The van der Waals surface area contributed by atoms with Crippen LogP contribution in [-0.2, 0) is 15.9 Å². The number of carbonyl (C=O) groups excluding carboxylic acids is 1. The lowest BCUT2D eigenvalue weighted by molar-refractivity contribution is -0.0378. The second-order valence-corrected chi connectivity index (χ2v) is 7.25. The van der Waals surface area contributed by atoms with Crippen LogP contribution in [0.1, 0.15) is 31.9 Å². The summed E-state index contributed by atoms with van der Waals surface area (Å²) in [5.41, 5.74) is 7.60. The predicted octanol–water partition coefficient (Wildman–Crippen LogP) is 2.64. The van der Waals surface area contributed by atoms with Gasteiger partial charge in [-0.05, 0) is 57.4 Å². The fraction of sp³-hybridized carbons (Fsp3) is 0.611. The largest absolute Gasteiger partial charge is 0.444 e. The molecule has 1 heterocycles. The van der Waals surface area contributed by atoms with Crippen LogP contribution in [0.3, 0.4) is 0 Å². The Bertz CT molecular complexity index is 586. The molecule has 1 aromatic carbocycles. The third-order valence-electron chi connectivity index (χ3n) is 4.05. The molecule has 2 N–H and O–H groups in total. The molecule has 1 saturated heterocycles. The Labute approximate surface area is 142 Å². The van der Waals surface area contributed by atoms with Gasteiger partial charge in [-0.1, -0.05) is 6.07 Å². The van der Waals surface area contributed by atoms with Gasteiger partial charge in [-0.15, -0.1) is 0 Å². The second-order valence-electron chi connectivity index (χ2n) is 7.25. The Morgan fingerprint density at radius 1 is 1.50 bits per heavy atom. The summed E-state index contributed by atoms with van der Waals surface area (Å²) in [4.78, 5) is 14.1. The molecule has 1 amide bonds. The van der Waals surface area contributed by atoms with Gasteiger partial charge < -0.3 is 15.2 Å². The van der Waals surface area contributed by atoms with Crippen LogP contribution in [-0.4, -0.2) is 48.4 Å². The van der Waals surface area contributed by atoms with E-state index in [0.717, 1.165) is 11.1 Å². The van der Waals surface area contributed by atoms with E-state index in [4.69, 9.17) is 15.2 Å². The van der Waals surface area contributed by atoms with E-state index in [1.807, 2.05) is 27.7 Å². The second kappa shape index (κ2) is 7.49. The lowest BCUT2D eigenvalue weighted by atomic mass is 9.96. The molecule has 2 rings (SSSR count). The highest BCUT2D eigenvalue weighted by molar-refractivity contribution is 5.68. The highest BCUT2D eigenvalue weighted by Gasteiger charge is 2.34. The first-order valence-corrected chi connectivity index (χ1v) is 8.25. The summed E-state index contributed by atoms with van der Waals surface area (Å²) in [6, 6.07) is 4.01. The molecule has 0 aliphatic carbocycles. The number of ether oxygens (including phenoxy) is 2. The standard InChI is InChI=1S/C18H27FN2O3/c1-12-5-6-14(19)9-13(12)10-15(20)16-11-23-8-7-21(16)17(22)24-18(2,3)4/h5-6,9,15-16H,7-8,10-11,20H2,1-4H3. The summed E-state index contributed by atoms with van der Waals surface area (Å²) in [7, 11) is 0. The van der Waals surface area contributed by atoms with Gasteiger partial charge in [0.2, 0.25) is 0 Å². The third-order valence-corrected chi connectivity index (χ3v) is 4.05. The number of nitrogens with zero attached hydrogens (tertiary/aromatic N) is 1. The summed E-state index contributed by atoms with van der Waals surface area (Å²) < 4.78 is 24.4. The number of hydrogen-bond donors (Lipinski definition) is 1. The zero-order valence-corrected chi connectivity index (χ0v) is 14.8. The van der Waals surface area contributed by atoms with Crippen LogP contribution in [0.4, 0.5) is 9.18 Å². The minimum absolute atomic E-state index is 0.285. The molecule has 6 heteroatoms. The van der Waals surface area contributed by atoms with E-state index in [-0.39, 0.29) is 24.0 Å². The van der Waals surface area contributed by atoms with Crippen LogP contribution < -0.4 is 5.73 Å². The van der Waals surface area contributed by atoms with Crippen molar-refractivity contribution in [3.8, 4) is 0 Å². The average molecular weight is 338 g/mol. The van der Waals surface area contributed by atoms with Crippen molar-refractivity contribution >= 4 is 6.09 Å². The molecule has 24 heavy (non-hydrogen) atoms. The molecule has 1 aliphatic rings. The highest BCUT2D eigenvalue weighted by atomic mass is 19.1. The Morgan fingerprint density at radius 2 is 2.21 bits per heavy atom. The number of rotatable bonds is 3. The molecule has 1 aliphatic heterocycles. The van der Waals surface area contributed by atoms with E-state index in [1.165, 1.54) is 12.1 Å². The first-order chi connectivity index (χ1) is 11.2. The van der Waals surface area contributed by atoms with E-state index >= 15 is 0 Å². The van der Waals surface area contributed by atoms with E-state index in [0.29, 0.717) is 26.2 Å². The van der Waals surface area contributed by atoms with Crippen LogP contribution >= 0.6 is 0 Å². The maximum absolute atomic E-state index is 13.5. The van der Waals surface area contributed by atoms with Crippen molar-refractivity contribution in [2.75, 3.05) is 19.8 Å². The number of nitrogens with two attached hydrogens (primary N) is 1. The van der Waals surface area contributed by atoms with E-state index in [9.17, 15) is 9.18 Å². The molecule has 2 unspecified atom stereocenters. The smallest absolute Gasteiger partial charge is 0.410 e. The van der Waals surface area contributed by atoms with Crippen LogP contribution in [0, 0.1) is 12.7 Å². The van der Waals surface area contributed by atoms with E-state index in [1.54, 1.807) is 11.0 Å². The van der Waals surface area contributed by atoms with Crippen LogP contribution in [0.15, 0.2) is 18.2 Å². The topological polar surface area (TPSA) is 64.8 Å². The van der Waals surface area contributed by atoms with Gasteiger partial charge in [-0.25, -0.2) is 9.18 Å². The summed E-state index contributed by atoms with van der Waals surface area (Å²) in [6.45, 7) is 8.67. The van der Waals surface area contributed by atoms with Crippen molar-refractivity contribution in [3.05, 3.63) is 35.1 Å². The monoisotopic (exact) mass is 338 g/mol. The number of halogens is 1. The number of amides is 1. The van der Waals surface area contributed by atoms with Gasteiger partial charge in [-0.2, -0.15) is 0 Å². The van der Waals surface area contributed by atoms with E-state index < -0.39 is 5.60 Å². The normalized spacial score (nSPS) is 19.9. The van der Waals surface area contributed by atoms with Crippen molar-refractivity contribution in [2.45, 2.75) is 51.8 Å². The van der Waals surface area contributed by atoms with Crippen LogP contribution in [0.5, 0.6) is 0 Å². The van der Waals surface area contributed by atoms with Gasteiger partial charge in [0.25, 0.3) is 0 Å². The molecule has 0 spiro atoms. The minimum atomic E-state index is -0.566. The third kappa shape index (κ3) is 4.92. The Balaban J connectivity index is 2.11. The van der Waals surface area contributed by atoms with E-state index in [2.05, 4.69) is 0 Å². The number of benzene rings is 1. The highest BCUT2D eigenvalue weighted by Crippen LogP contribution is 2.19. The van der Waals surface area contributed by atoms with Crippen molar-refractivity contribution in [1.29, 1.82) is 0 Å². The lowest BCUT2D eigenvalue weighted by Crippen LogP contribution is -2.58. The molecule has 2 atom stereocenters. The molecule has 1 fully saturated rings. The first kappa shape index (κ1) is 18.7. The molecule has 0 saturated carbocycles. The molecule has 1 aromatic rings. The molecule has 0 bridgehead atoms. The molecule has 0 aromatic heterocycles. The molecular formula is C18H27FN2O3.